The summed E-state index contributed by atoms with van der Waals surface area (Å²) in [5, 5.41) is 15.0. The molecule has 0 aliphatic carbocycles. The van der Waals surface area contributed by atoms with E-state index in [1.54, 1.807) is 16.8 Å². The summed E-state index contributed by atoms with van der Waals surface area (Å²) >= 11 is 0. The number of benzene rings is 3. The van der Waals surface area contributed by atoms with Crippen LogP contribution in [0, 0.1) is 12.7 Å². The molecule has 0 radical (unpaired) electrons. The Morgan fingerprint density at radius 3 is 2.56 bits per heavy atom. The average Bonchev–Trinajstić information content (AvgIpc) is 3.44. The van der Waals surface area contributed by atoms with Gasteiger partial charge in [0.2, 0.25) is 0 Å². The lowest BCUT2D eigenvalue weighted by Crippen LogP contribution is -2.18. The number of fused-ring (bicyclic) bond motifs is 1. The Morgan fingerprint density at radius 2 is 1.72 bits per heavy atom. The maximum atomic E-state index is 13.2. The molecule has 0 aliphatic rings. The Balaban J connectivity index is 1.32. The summed E-state index contributed by atoms with van der Waals surface area (Å²) in [6.45, 7) is 4.91. The van der Waals surface area contributed by atoms with Gasteiger partial charge in [0.15, 0.2) is 0 Å². The zero-order chi connectivity index (χ0) is 22.1. The third kappa shape index (κ3) is 3.81. The molecule has 2 aromatic heterocycles. The van der Waals surface area contributed by atoms with Crippen molar-refractivity contribution < 1.29 is 4.39 Å². The van der Waals surface area contributed by atoms with Gasteiger partial charge in [0.05, 0.1) is 23.8 Å². The second-order valence-corrected chi connectivity index (χ2v) is 7.97. The van der Waals surface area contributed by atoms with E-state index in [4.69, 9.17) is 5.10 Å². The molecule has 3 aromatic carbocycles. The zero-order valence-corrected chi connectivity index (χ0v) is 18.0. The lowest BCUT2D eigenvalue weighted by molar-refractivity contribution is 0.571. The Morgan fingerprint density at radius 1 is 0.938 bits per heavy atom. The van der Waals surface area contributed by atoms with Gasteiger partial charge >= 0.3 is 0 Å². The second kappa shape index (κ2) is 8.40. The summed E-state index contributed by atoms with van der Waals surface area (Å²) in [6, 6.07) is 21.1. The molecule has 0 saturated carbocycles. The lowest BCUT2D eigenvalue weighted by Gasteiger charge is -2.14. The molecule has 0 unspecified atom stereocenters. The predicted octanol–water partition coefficient (Wildman–Crippen LogP) is 5.51. The van der Waals surface area contributed by atoms with Crippen LogP contribution in [0.15, 0.2) is 85.3 Å². The van der Waals surface area contributed by atoms with E-state index in [1.807, 2.05) is 23.3 Å². The van der Waals surface area contributed by atoms with Crippen LogP contribution in [-0.2, 0) is 6.54 Å². The van der Waals surface area contributed by atoms with Crippen LogP contribution in [0.25, 0.3) is 22.1 Å². The third-order valence-corrected chi connectivity index (χ3v) is 5.85. The van der Waals surface area contributed by atoms with Crippen LogP contribution < -0.4 is 5.32 Å². The Kier molecular flexibility index (Phi) is 5.29. The number of rotatable bonds is 6. The highest BCUT2D eigenvalue weighted by molar-refractivity contribution is 5.90. The van der Waals surface area contributed by atoms with Crippen molar-refractivity contribution >= 4 is 10.8 Å². The van der Waals surface area contributed by atoms with Gasteiger partial charge in [-0.1, -0.05) is 36.4 Å². The van der Waals surface area contributed by atoms with Gasteiger partial charge in [-0.25, -0.2) is 13.8 Å². The van der Waals surface area contributed by atoms with Crippen LogP contribution in [0.4, 0.5) is 4.39 Å². The van der Waals surface area contributed by atoms with E-state index in [0.29, 0.717) is 6.54 Å². The first-order valence-electron chi connectivity index (χ1n) is 10.7. The topological polar surface area (TPSA) is 47.7 Å². The average molecular weight is 426 g/mol. The van der Waals surface area contributed by atoms with E-state index >= 15 is 0 Å². The van der Waals surface area contributed by atoms with Crippen molar-refractivity contribution in [2.45, 2.75) is 26.4 Å². The number of aromatic nitrogens is 4. The fourth-order valence-corrected chi connectivity index (χ4v) is 4.05. The minimum absolute atomic E-state index is 0.118. The molecule has 1 N–H and O–H groups in total. The number of nitrogens with zero attached hydrogens (tertiary/aromatic N) is 4. The van der Waals surface area contributed by atoms with E-state index in [1.165, 1.54) is 22.9 Å². The molecule has 0 bridgehead atoms. The number of nitrogens with one attached hydrogen (secondary N) is 1. The normalized spacial score (nSPS) is 12.3. The predicted molar refractivity (Wildman–Crippen MR) is 125 cm³/mol. The first-order chi connectivity index (χ1) is 15.6. The van der Waals surface area contributed by atoms with Crippen LogP contribution >= 0.6 is 0 Å². The Labute approximate surface area is 186 Å². The molecule has 0 spiro atoms. The van der Waals surface area contributed by atoms with Crippen LogP contribution in [0.1, 0.15) is 29.8 Å². The summed E-state index contributed by atoms with van der Waals surface area (Å²) < 4.78 is 16.9. The molecule has 6 heteroatoms. The summed E-state index contributed by atoms with van der Waals surface area (Å²) in [4.78, 5) is 0. The van der Waals surface area contributed by atoms with Gasteiger partial charge in [0.1, 0.15) is 5.82 Å². The minimum atomic E-state index is -0.254. The maximum absolute atomic E-state index is 13.2. The van der Waals surface area contributed by atoms with Crippen molar-refractivity contribution in [2.75, 3.05) is 0 Å². The minimum Gasteiger partial charge on any atom is -0.306 e. The highest BCUT2D eigenvalue weighted by Crippen LogP contribution is 2.26. The summed E-state index contributed by atoms with van der Waals surface area (Å²) in [6.07, 6.45) is 5.73. The fourth-order valence-electron chi connectivity index (χ4n) is 4.05. The van der Waals surface area contributed by atoms with E-state index in [2.05, 4.69) is 66.7 Å². The van der Waals surface area contributed by atoms with Crippen molar-refractivity contribution in [3.63, 3.8) is 0 Å². The van der Waals surface area contributed by atoms with Gasteiger partial charge < -0.3 is 5.32 Å². The van der Waals surface area contributed by atoms with Crippen LogP contribution in [0.3, 0.4) is 0 Å². The van der Waals surface area contributed by atoms with Gasteiger partial charge in [0.25, 0.3) is 0 Å². The molecular formula is C26H24FN5. The van der Waals surface area contributed by atoms with Gasteiger partial charge in [0, 0.05) is 41.0 Å². The maximum Gasteiger partial charge on any atom is 0.123 e. The highest BCUT2D eigenvalue weighted by Gasteiger charge is 2.15. The SMILES string of the molecule is Cc1c([C@H](C)NCc2cnn(-c3ccc(F)cc3)c2)cnn1-c1cccc2ccccc12. The molecule has 160 valence electrons. The van der Waals surface area contributed by atoms with Gasteiger partial charge in [-0.05, 0) is 49.6 Å². The molecule has 5 nitrogen and oxygen atoms in total. The summed E-state index contributed by atoms with van der Waals surface area (Å²) in [5.41, 5.74) is 5.24. The highest BCUT2D eigenvalue weighted by atomic mass is 19.1. The van der Waals surface area contributed by atoms with Crippen LogP contribution in [-0.4, -0.2) is 19.6 Å². The number of hydrogen-bond acceptors (Lipinski definition) is 3. The van der Waals surface area contributed by atoms with Crippen molar-refractivity contribution in [2.24, 2.45) is 0 Å². The van der Waals surface area contributed by atoms with E-state index in [-0.39, 0.29) is 11.9 Å². The largest absolute Gasteiger partial charge is 0.306 e. The van der Waals surface area contributed by atoms with E-state index < -0.39 is 0 Å². The molecule has 0 amide bonds. The monoisotopic (exact) mass is 425 g/mol. The summed E-state index contributed by atoms with van der Waals surface area (Å²) in [7, 11) is 0. The third-order valence-electron chi connectivity index (χ3n) is 5.85. The van der Waals surface area contributed by atoms with Crippen molar-refractivity contribution in [1.29, 1.82) is 0 Å². The van der Waals surface area contributed by atoms with E-state index in [0.717, 1.165) is 28.2 Å². The van der Waals surface area contributed by atoms with Crippen LogP contribution in [0.2, 0.25) is 0 Å². The second-order valence-electron chi connectivity index (χ2n) is 7.97. The first-order valence-corrected chi connectivity index (χ1v) is 10.7. The van der Waals surface area contributed by atoms with Gasteiger partial charge in [-0.2, -0.15) is 10.2 Å². The number of halogens is 1. The van der Waals surface area contributed by atoms with Crippen molar-refractivity contribution in [3.05, 3.63) is 108 Å². The fraction of sp³-hybridized carbons (Fsp3) is 0.154. The quantitative estimate of drug-likeness (QED) is 0.390. The van der Waals surface area contributed by atoms with Gasteiger partial charge in [-0.3, -0.25) is 0 Å². The van der Waals surface area contributed by atoms with Gasteiger partial charge in [-0.15, -0.1) is 0 Å². The molecule has 0 fully saturated rings. The number of hydrogen-bond donors (Lipinski definition) is 1. The van der Waals surface area contributed by atoms with E-state index in [9.17, 15) is 4.39 Å². The lowest BCUT2D eigenvalue weighted by atomic mass is 10.1. The molecule has 32 heavy (non-hydrogen) atoms. The first kappa shape index (κ1) is 20.2. The Bertz CT molecular complexity index is 1360. The molecule has 1 atom stereocenters. The molecule has 0 saturated heterocycles. The summed E-state index contributed by atoms with van der Waals surface area (Å²) in [5.74, 6) is -0.254. The van der Waals surface area contributed by atoms with Crippen LogP contribution in [0.5, 0.6) is 0 Å². The molecule has 5 aromatic rings. The molecule has 2 heterocycles. The Hall–Kier alpha value is -3.77. The molecule has 5 rings (SSSR count). The molecular weight excluding hydrogens is 401 g/mol. The standard InChI is InChI=1S/C26H24FN5/c1-18(28-14-20-15-29-31(17-20)23-12-10-22(27)11-13-23)25-16-30-32(19(25)2)26-9-5-7-21-6-3-4-8-24(21)26/h3-13,15-18,28H,14H2,1-2H3/t18-/m0/s1. The zero-order valence-electron chi connectivity index (χ0n) is 18.0. The smallest absolute Gasteiger partial charge is 0.123 e. The molecule has 0 aliphatic heterocycles. The van der Waals surface area contributed by atoms with Crippen molar-refractivity contribution in [1.82, 2.24) is 24.9 Å². The van der Waals surface area contributed by atoms with Crippen molar-refractivity contribution in [3.8, 4) is 11.4 Å².